The molecule has 0 heterocycles. The summed E-state index contributed by atoms with van der Waals surface area (Å²) >= 11 is 17.9. The summed E-state index contributed by atoms with van der Waals surface area (Å²) in [5.74, 6) is 0. The fourth-order valence-corrected chi connectivity index (χ4v) is 2.83. The van der Waals surface area contributed by atoms with Gasteiger partial charge in [-0.1, -0.05) is 52.9 Å². The van der Waals surface area contributed by atoms with Crippen LogP contribution in [0.3, 0.4) is 0 Å². The van der Waals surface area contributed by atoms with Crippen LogP contribution in [0.15, 0.2) is 41.6 Å². The van der Waals surface area contributed by atoms with E-state index in [1.165, 1.54) is 12.1 Å². The van der Waals surface area contributed by atoms with Gasteiger partial charge in [-0.05, 0) is 36.8 Å². The molecule has 0 amide bonds. The maximum absolute atomic E-state index is 13.2. The Labute approximate surface area is 158 Å². The number of rotatable bonds is 5. The number of halogens is 6. The van der Waals surface area contributed by atoms with E-state index in [1.807, 2.05) is 0 Å². The predicted molar refractivity (Wildman–Crippen MR) is 94.5 cm³/mol. The smallest absolute Gasteiger partial charge is 0.391 e. The minimum Gasteiger partial charge on any atom is -0.391 e. The molecule has 0 aromatic heterocycles. The van der Waals surface area contributed by atoms with Gasteiger partial charge in [0, 0.05) is 26.2 Å². The van der Waals surface area contributed by atoms with Crippen molar-refractivity contribution in [2.24, 2.45) is 5.16 Å². The molecular formula is C17H13Cl3F3NO. The lowest BCUT2D eigenvalue weighted by Crippen LogP contribution is -2.13. The normalized spacial score (nSPS) is 12.4. The number of hydrogen-bond acceptors (Lipinski definition) is 2. The highest BCUT2D eigenvalue weighted by Gasteiger charge is 2.34. The molecule has 8 heteroatoms. The van der Waals surface area contributed by atoms with Crippen molar-refractivity contribution in [2.75, 3.05) is 0 Å². The van der Waals surface area contributed by atoms with Crippen molar-refractivity contribution < 1.29 is 18.0 Å². The Hall–Kier alpha value is -1.43. The molecule has 0 spiro atoms. The van der Waals surface area contributed by atoms with Gasteiger partial charge in [-0.3, -0.25) is 0 Å². The van der Waals surface area contributed by atoms with Crippen LogP contribution in [0.25, 0.3) is 0 Å². The molecule has 0 saturated carbocycles. The Kier molecular flexibility index (Phi) is 6.60. The van der Waals surface area contributed by atoms with Gasteiger partial charge in [-0.25, -0.2) is 0 Å². The minimum atomic E-state index is -4.53. The first-order chi connectivity index (χ1) is 11.7. The summed E-state index contributed by atoms with van der Waals surface area (Å²) < 4.78 is 39.6. The average molecular weight is 411 g/mol. The fourth-order valence-electron chi connectivity index (χ4n) is 2.15. The van der Waals surface area contributed by atoms with Crippen molar-refractivity contribution >= 4 is 40.5 Å². The number of alkyl halides is 3. The van der Waals surface area contributed by atoms with Gasteiger partial charge < -0.3 is 4.84 Å². The van der Waals surface area contributed by atoms with E-state index < -0.39 is 11.7 Å². The quantitative estimate of drug-likeness (QED) is 0.384. The van der Waals surface area contributed by atoms with Crippen LogP contribution in [0.2, 0.25) is 15.1 Å². The van der Waals surface area contributed by atoms with Crippen LogP contribution in [0.5, 0.6) is 0 Å². The fraction of sp³-hybridized carbons (Fsp3) is 0.235. The van der Waals surface area contributed by atoms with E-state index in [1.54, 1.807) is 25.1 Å². The Balaban J connectivity index is 2.31. The third-order valence-corrected chi connectivity index (χ3v) is 4.32. The van der Waals surface area contributed by atoms with Crippen molar-refractivity contribution in [1.29, 1.82) is 0 Å². The first kappa shape index (κ1) is 19.9. The lowest BCUT2D eigenvalue weighted by Gasteiger charge is -2.14. The first-order valence-electron chi connectivity index (χ1n) is 7.23. The molecular weight excluding hydrogens is 398 g/mol. The Morgan fingerprint density at radius 1 is 1.08 bits per heavy atom. The van der Waals surface area contributed by atoms with Gasteiger partial charge in [-0.15, -0.1) is 0 Å². The molecule has 2 aromatic carbocycles. The van der Waals surface area contributed by atoms with E-state index in [0.717, 1.165) is 6.07 Å². The molecule has 2 nitrogen and oxygen atoms in total. The topological polar surface area (TPSA) is 21.6 Å². The SMILES string of the molecule is CCC(=NOCc1c(Cl)cccc1Cl)c1cc(Cl)ccc1C(F)(F)F. The van der Waals surface area contributed by atoms with Crippen LogP contribution in [0.4, 0.5) is 13.2 Å². The van der Waals surface area contributed by atoms with Gasteiger partial charge in [0.05, 0.1) is 11.3 Å². The van der Waals surface area contributed by atoms with Crippen LogP contribution in [0.1, 0.15) is 30.0 Å². The molecule has 0 fully saturated rings. The van der Waals surface area contributed by atoms with Crippen LogP contribution >= 0.6 is 34.8 Å². The van der Waals surface area contributed by atoms with E-state index in [2.05, 4.69) is 5.16 Å². The van der Waals surface area contributed by atoms with E-state index in [9.17, 15) is 13.2 Å². The lowest BCUT2D eigenvalue weighted by molar-refractivity contribution is -0.137. The molecule has 0 unspecified atom stereocenters. The summed E-state index contributed by atoms with van der Waals surface area (Å²) in [5, 5.41) is 4.80. The summed E-state index contributed by atoms with van der Waals surface area (Å²) in [7, 11) is 0. The van der Waals surface area contributed by atoms with Crippen molar-refractivity contribution in [3.63, 3.8) is 0 Å². The highest BCUT2D eigenvalue weighted by atomic mass is 35.5. The molecule has 25 heavy (non-hydrogen) atoms. The van der Waals surface area contributed by atoms with E-state index >= 15 is 0 Å². The van der Waals surface area contributed by atoms with Crippen LogP contribution in [-0.2, 0) is 17.6 Å². The molecule has 0 atom stereocenters. The standard InChI is InChI=1S/C17H13Cl3F3NO/c1-2-16(11-8-10(18)6-7-13(11)17(21,22)23)24-25-9-12-14(19)4-3-5-15(12)20/h3-8H,2,9H2,1H3. The maximum Gasteiger partial charge on any atom is 0.417 e. The van der Waals surface area contributed by atoms with E-state index in [-0.39, 0.29) is 29.3 Å². The van der Waals surface area contributed by atoms with Gasteiger partial charge in [0.1, 0.15) is 6.61 Å². The second-order valence-electron chi connectivity index (χ2n) is 5.05. The van der Waals surface area contributed by atoms with E-state index in [4.69, 9.17) is 39.6 Å². The van der Waals surface area contributed by atoms with Gasteiger partial charge in [0.15, 0.2) is 0 Å². The van der Waals surface area contributed by atoms with Gasteiger partial charge in [0.25, 0.3) is 0 Å². The molecule has 134 valence electrons. The Morgan fingerprint density at radius 2 is 1.72 bits per heavy atom. The Bertz CT molecular complexity index is 771. The molecule has 0 saturated heterocycles. The van der Waals surface area contributed by atoms with Crippen molar-refractivity contribution in [3.8, 4) is 0 Å². The zero-order valence-corrected chi connectivity index (χ0v) is 15.3. The summed E-state index contributed by atoms with van der Waals surface area (Å²) in [6.07, 6.45) is -4.30. The highest BCUT2D eigenvalue weighted by molar-refractivity contribution is 6.36. The number of nitrogens with zero attached hydrogens (tertiary/aromatic N) is 1. The lowest BCUT2D eigenvalue weighted by atomic mass is 10.0. The maximum atomic E-state index is 13.2. The van der Waals surface area contributed by atoms with Crippen molar-refractivity contribution in [2.45, 2.75) is 26.1 Å². The van der Waals surface area contributed by atoms with Crippen molar-refractivity contribution in [1.82, 2.24) is 0 Å². The average Bonchev–Trinajstić information content (AvgIpc) is 2.52. The molecule has 0 aliphatic carbocycles. The molecule has 2 rings (SSSR count). The summed E-state index contributed by atoms with van der Waals surface area (Å²) in [5.41, 5.74) is -0.310. The van der Waals surface area contributed by atoms with Crippen LogP contribution < -0.4 is 0 Å². The molecule has 0 aliphatic heterocycles. The predicted octanol–water partition coefficient (Wildman–Crippen LogP) is 7.00. The van der Waals surface area contributed by atoms with Gasteiger partial charge >= 0.3 is 6.18 Å². The van der Waals surface area contributed by atoms with Crippen molar-refractivity contribution in [3.05, 3.63) is 68.2 Å². The van der Waals surface area contributed by atoms with Crippen LogP contribution in [-0.4, -0.2) is 5.71 Å². The molecule has 0 bridgehead atoms. The monoisotopic (exact) mass is 409 g/mol. The Morgan fingerprint density at radius 3 is 2.28 bits per heavy atom. The summed E-state index contributed by atoms with van der Waals surface area (Å²) in [6.45, 7) is 1.61. The number of hydrogen-bond donors (Lipinski definition) is 0. The second kappa shape index (κ2) is 8.30. The molecule has 0 radical (unpaired) electrons. The third kappa shape index (κ3) is 5.03. The van der Waals surface area contributed by atoms with Crippen LogP contribution in [0, 0.1) is 0 Å². The molecule has 0 N–H and O–H groups in total. The van der Waals surface area contributed by atoms with Gasteiger partial charge in [0.2, 0.25) is 0 Å². The number of oxime groups is 1. The summed E-state index contributed by atoms with van der Waals surface area (Å²) in [6, 6.07) is 8.28. The minimum absolute atomic E-state index is 0.0656. The number of benzene rings is 2. The summed E-state index contributed by atoms with van der Waals surface area (Å²) in [4.78, 5) is 5.20. The first-order valence-corrected chi connectivity index (χ1v) is 8.36. The zero-order chi connectivity index (χ0) is 18.6. The van der Waals surface area contributed by atoms with E-state index in [0.29, 0.717) is 15.6 Å². The molecule has 2 aromatic rings. The zero-order valence-electron chi connectivity index (χ0n) is 13.0. The highest BCUT2D eigenvalue weighted by Crippen LogP contribution is 2.34. The molecule has 0 aliphatic rings. The third-order valence-electron chi connectivity index (χ3n) is 3.38. The van der Waals surface area contributed by atoms with Gasteiger partial charge in [-0.2, -0.15) is 13.2 Å². The largest absolute Gasteiger partial charge is 0.417 e. The second-order valence-corrected chi connectivity index (χ2v) is 6.30.